The fourth-order valence-electron chi connectivity index (χ4n) is 4.59. The summed E-state index contributed by atoms with van der Waals surface area (Å²) >= 11 is 12.2. The van der Waals surface area contributed by atoms with Gasteiger partial charge in [-0.25, -0.2) is 4.98 Å². The van der Waals surface area contributed by atoms with Gasteiger partial charge < -0.3 is 19.7 Å². The summed E-state index contributed by atoms with van der Waals surface area (Å²) in [5.74, 6) is 2.57. The lowest BCUT2D eigenvalue weighted by Crippen LogP contribution is -2.40. The Morgan fingerprint density at radius 1 is 1.15 bits per heavy atom. The van der Waals surface area contributed by atoms with Gasteiger partial charge in [0.2, 0.25) is 0 Å². The number of aliphatic hydroxyl groups excluding tert-OH is 1. The van der Waals surface area contributed by atoms with Gasteiger partial charge >= 0.3 is 0 Å². The summed E-state index contributed by atoms with van der Waals surface area (Å²) in [7, 11) is 0. The second-order valence-corrected chi connectivity index (χ2v) is 9.67. The quantitative estimate of drug-likeness (QED) is 0.325. The highest BCUT2D eigenvalue weighted by molar-refractivity contribution is 6.42. The SMILES string of the molecule is Cc1nc(-c2cc3c(OC[C@@H](O)CN4CCC(c5ccc(Cl)c(Cl)c5)CC4)cccc3[nH]2)n[nH]1. The molecule has 1 fully saturated rings. The molecular formula is C25H27Cl2N5O2. The molecule has 2 aromatic heterocycles. The highest BCUT2D eigenvalue weighted by atomic mass is 35.5. The molecule has 1 aliphatic heterocycles. The summed E-state index contributed by atoms with van der Waals surface area (Å²) in [5, 5.41) is 19.9. The number of ether oxygens (including phenoxy) is 1. The minimum Gasteiger partial charge on any atom is -0.490 e. The molecule has 178 valence electrons. The molecule has 0 spiro atoms. The van der Waals surface area contributed by atoms with E-state index in [1.165, 1.54) is 5.56 Å². The first-order valence-corrected chi connectivity index (χ1v) is 12.2. The van der Waals surface area contributed by atoms with Gasteiger partial charge in [-0.1, -0.05) is 35.3 Å². The van der Waals surface area contributed by atoms with Crippen LogP contribution in [0.15, 0.2) is 42.5 Å². The molecule has 0 unspecified atom stereocenters. The molecule has 1 aliphatic rings. The smallest absolute Gasteiger partial charge is 0.197 e. The largest absolute Gasteiger partial charge is 0.490 e. The molecule has 4 aromatic rings. The van der Waals surface area contributed by atoms with Crippen molar-refractivity contribution in [1.29, 1.82) is 0 Å². The number of rotatable bonds is 7. The molecular weight excluding hydrogens is 473 g/mol. The number of aromatic amines is 2. The van der Waals surface area contributed by atoms with Crippen LogP contribution in [0.2, 0.25) is 10.0 Å². The van der Waals surface area contributed by atoms with Crippen LogP contribution in [0, 0.1) is 6.92 Å². The average molecular weight is 500 g/mol. The first-order valence-electron chi connectivity index (χ1n) is 11.5. The van der Waals surface area contributed by atoms with Crippen LogP contribution in [0.3, 0.4) is 0 Å². The van der Waals surface area contributed by atoms with E-state index in [9.17, 15) is 5.11 Å². The number of fused-ring (bicyclic) bond motifs is 1. The number of nitrogens with zero attached hydrogens (tertiary/aromatic N) is 3. The lowest BCUT2D eigenvalue weighted by molar-refractivity contribution is 0.0599. The van der Waals surface area contributed by atoms with E-state index in [0.29, 0.717) is 28.3 Å². The molecule has 0 amide bonds. The molecule has 0 bridgehead atoms. The molecule has 1 atom stereocenters. The summed E-state index contributed by atoms with van der Waals surface area (Å²) in [4.78, 5) is 10.0. The van der Waals surface area contributed by atoms with Gasteiger partial charge in [-0.05, 0) is 74.7 Å². The maximum atomic E-state index is 10.6. The van der Waals surface area contributed by atoms with Crippen molar-refractivity contribution in [2.75, 3.05) is 26.2 Å². The van der Waals surface area contributed by atoms with E-state index < -0.39 is 6.10 Å². The van der Waals surface area contributed by atoms with Crippen molar-refractivity contribution in [2.24, 2.45) is 0 Å². The molecule has 34 heavy (non-hydrogen) atoms. The highest BCUT2D eigenvalue weighted by Gasteiger charge is 2.23. The zero-order valence-electron chi connectivity index (χ0n) is 18.9. The second kappa shape index (κ2) is 9.96. The molecule has 0 aliphatic carbocycles. The van der Waals surface area contributed by atoms with Crippen LogP contribution >= 0.6 is 23.2 Å². The van der Waals surface area contributed by atoms with Gasteiger partial charge in [0.05, 0.1) is 15.7 Å². The summed E-state index contributed by atoms with van der Waals surface area (Å²) in [6, 6.07) is 13.7. The van der Waals surface area contributed by atoms with Crippen molar-refractivity contribution < 1.29 is 9.84 Å². The molecule has 9 heteroatoms. The van der Waals surface area contributed by atoms with E-state index >= 15 is 0 Å². The lowest BCUT2D eigenvalue weighted by Gasteiger charge is -2.33. The number of aryl methyl sites for hydroxylation is 1. The van der Waals surface area contributed by atoms with Gasteiger partial charge in [-0.3, -0.25) is 5.10 Å². The van der Waals surface area contributed by atoms with Crippen molar-refractivity contribution in [3.05, 3.63) is 63.9 Å². The third-order valence-corrected chi connectivity index (χ3v) is 7.10. The third-order valence-electron chi connectivity index (χ3n) is 6.37. The number of halogens is 2. The summed E-state index contributed by atoms with van der Waals surface area (Å²) in [6.45, 7) is 4.53. The number of H-pyrrole nitrogens is 2. The third kappa shape index (κ3) is 5.08. The van der Waals surface area contributed by atoms with E-state index in [0.717, 1.165) is 54.1 Å². The van der Waals surface area contributed by atoms with Crippen LogP contribution in [0.1, 0.15) is 30.1 Å². The predicted molar refractivity (Wildman–Crippen MR) is 135 cm³/mol. The molecule has 5 rings (SSSR count). The second-order valence-electron chi connectivity index (χ2n) is 8.86. The van der Waals surface area contributed by atoms with Gasteiger partial charge in [0.25, 0.3) is 0 Å². The Bertz CT molecular complexity index is 1280. The van der Waals surface area contributed by atoms with E-state index in [1.54, 1.807) is 0 Å². The van der Waals surface area contributed by atoms with Crippen molar-refractivity contribution in [3.63, 3.8) is 0 Å². The first kappa shape index (κ1) is 23.2. The van der Waals surface area contributed by atoms with E-state index in [1.807, 2.05) is 43.3 Å². The number of aliphatic hydroxyl groups is 1. The van der Waals surface area contributed by atoms with Gasteiger partial charge in [0, 0.05) is 17.4 Å². The Labute approximate surface area is 208 Å². The van der Waals surface area contributed by atoms with Gasteiger partial charge in [0.1, 0.15) is 24.3 Å². The number of nitrogens with one attached hydrogen (secondary N) is 2. The maximum Gasteiger partial charge on any atom is 0.197 e. The van der Waals surface area contributed by atoms with Crippen LogP contribution in [0.25, 0.3) is 22.4 Å². The number of hydrogen-bond donors (Lipinski definition) is 3. The van der Waals surface area contributed by atoms with E-state index in [4.69, 9.17) is 27.9 Å². The number of likely N-dealkylation sites (tertiary alicyclic amines) is 1. The summed E-state index contributed by atoms with van der Waals surface area (Å²) < 4.78 is 6.02. The molecule has 0 saturated carbocycles. The van der Waals surface area contributed by atoms with Crippen LogP contribution in [-0.4, -0.2) is 62.5 Å². The van der Waals surface area contributed by atoms with Crippen molar-refractivity contribution in [1.82, 2.24) is 25.1 Å². The molecule has 0 radical (unpaired) electrons. The molecule has 2 aromatic carbocycles. The number of piperidine rings is 1. The normalized spacial score (nSPS) is 16.2. The summed E-state index contributed by atoms with van der Waals surface area (Å²) in [6.07, 6.45) is 1.47. The van der Waals surface area contributed by atoms with Crippen LogP contribution in [-0.2, 0) is 0 Å². The Balaban J connectivity index is 1.16. The minimum atomic E-state index is -0.578. The first-order chi connectivity index (χ1) is 16.5. The molecule has 7 nitrogen and oxygen atoms in total. The minimum absolute atomic E-state index is 0.228. The number of hydrogen-bond acceptors (Lipinski definition) is 5. The Hall–Kier alpha value is -2.58. The molecule has 3 heterocycles. The van der Waals surface area contributed by atoms with Crippen molar-refractivity contribution >= 4 is 34.1 Å². The summed E-state index contributed by atoms with van der Waals surface area (Å²) in [5.41, 5.74) is 2.99. The van der Waals surface area contributed by atoms with E-state index in [2.05, 4.69) is 31.1 Å². The zero-order chi connectivity index (χ0) is 23.7. The average Bonchev–Trinajstić information content (AvgIpc) is 3.46. The number of benzene rings is 2. The van der Waals surface area contributed by atoms with Crippen molar-refractivity contribution in [2.45, 2.75) is 31.8 Å². The monoisotopic (exact) mass is 499 g/mol. The Kier molecular flexibility index (Phi) is 6.79. The number of β-amino-alcohol motifs (C(OH)–C–C–N with tert-alkyl or cyclic N) is 1. The van der Waals surface area contributed by atoms with Crippen LogP contribution < -0.4 is 4.74 Å². The maximum absolute atomic E-state index is 10.6. The lowest BCUT2D eigenvalue weighted by atomic mass is 9.89. The topological polar surface area (TPSA) is 90.1 Å². The van der Waals surface area contributed by atoms with Gasteiger partial charge in [-0.2, -0.15) is 5.10 Å². The zero-order valence-corrected chi connectivity index (χ0v) is 20.4. The van der Waals surface area contributed by atoms with Crippen molar-refractivity contribution in [3.8, 4) is 17.3 Å². The fraction of sp³-hybridized carbons (Fsp3) is 0.360. The van der Waals surface area contributed by atoms with E-state index in [-0.39, 0.29) is 6.61 Å². The Morgan fingerprint density at radius 2 is 1.97 bits per heavy atom. The highest BCUT2D eigenvalue weighted by Crippen LogP contribution is 2.33. The van der Waals surface area contributed by atoms with Gasteiger partial charge in [0.15, 0.2) is 5.82 Å². The Morgan fingerprint density at radius 3 is 2.71 bits per heavy atom. The standard InChI is InChI=1S/C25H27Cl2N5O2/c1-15-28-25(31-30-15)23-12-19-22(29-23)3-2-4-24(19)34-14-18(33)13-32-9-7-16(8-10-32)17-5-6-20(26)21(27)11-17/h2-6,11-12,16,18,29,33H,7-10,13-14H2,1H3,(H,28,30,31)/t18-/m0/s1. The van der Waals surface area contributed by atoms with Gasteiger partial charge in [-0.15, -0.1) is 0 Å². The fourth-order valence-corrected chi connectivity index (χ4v) is 4.90. The van der Waals surface area contributed by atoms with Crippen LogP contribution in [0.4, 0.5) is 0 Å². The predicted octanol–water partition coefficient (Wildman–Crippen LogP) is 5.19. The molecule has 1 saturated heterocycles. The van der Waals surface area contributed by atoms with Crippen LogP contribution in [0.5, 0.6) is 5.75 Å². The molecule has 3 N–H and O–H groups in total. The number of aromatic nitrogens is 4.